The second-order valence-electron chi connectivity index (χ2n) is 5.86. The van der Waals surface area contributed by atoms with E-state index in [9.17, 15) is 27.9 Å². The second-order valence-corrected chi connectivity index (χ2v) is 7.40. The first-order chi connectivity index (χ1) is 12.5. The van der Waals surface area contributed by atoms with Crippen LogP contribution in [0.15, 0.2) is 50.3 Å². The van der Waals surface area contributed by atoms with Crippen LogP contribution < -0.4 is 0 Å². The number of nitrogens with zero attached hydrogens (tertiary/aromatic N) is 1. The summed E-state index contributed by atoms with van der Waals surface area (Å²) in [5.41, 5.74) is 0.693. The zero-order valence-corrected chi connectivity index (χ0v) is 15.2. The maximum absolute atomic E-state index is 12.9. The average Bonchev–Trinajstić information content (AvgIpc) is 3.14. The summed E-state index contributed by atoms with van der Waals surface area (Å²) in [7, 11) is 0. The van der Waals surface area contributed by atoms with Crippen LogP contribution in [0, 0.1) is 0 Å². The van der Waals surface area contributed by atoms with E-state index < -0.39 is 35.0 Å². The summed E-state index contributed by atoms with van der Waals surface area (Å²) >= 11 is 6.23. The van der Waals surface area contributed by atoms with Crippen molar-refractivity contribution in [2.75, 3.05) is 0 Å². The highest BCUT2D eigenvalue weighted by molar-refractivity contribution is 7.14. The predicted molar refractivity (Wildman–Crippen MR) is 93.2 cm³/mol. The number of aliphatic imine (C=N–C) groups is 1. The highest BCUT2D eigenvalue weighted by Gasteiger charge is 2.38. The zero-order valence-electron chi connectivity index (χ0n) is 13.6. The number of carbonyl (C=O) groups is 2. The molecular formula is C17H11ClF3NO4S. The number of fused-ring (bicyclic) bond motifs is 1. The molecule has 2 heterocycles. The van der Waals surface area contributed by atoms with Gasteiger partial charge in [0.05, 0.1) is 27.6 Å². The maximum Gasteiger partial charge on any atom is 0.425 e. The maximum atomic E-state index is 12.9. The Balaban J connectivity index is 2.16. The van der Waals surface area contributed by atoms with Crippen LogP contribution in [-0.2, 0) is 11.0 Å². The summed E-state index contributed by atoms with van der Waals surface area (Å²) in [6, 6.07) is 1.79. The van der Waals surface area contributed by atoms with E-state index in [2.05, 4.69) is 4.99 Å². The molecule has 10 heteroatoms. The van der Waals surface area contributed by atoms with Crippen molar-refractivity contribution in [2.45, 2.75) is 25.9 Å². The Morgan fingerprint density at radius 3 is 2.56 bits per heavy atom. The van der Waals surface area contributed by atoms with Crippen LogP contribution in [-0.4, -0.2) is 27.7 Å². The van der Waals surface area contributed by atoms with Crippen LogP contribution in [0.4, 0.5) is 13.2 Å². The van der Waals surface area contributed by atoms with E-state index in [0.29, 0.717) is 11.4 Å². The highest BCUT2D eigenvalue weighted by atomic mass is 35.5. The molecule has 27 heavy (non-hydrogen) atoms. The van der Waals surface area contributed by atoms with Crippen molar-refractivity contribution in [3.8, 4) is 0 Å². The molecule has 0 fully saturated rings. The molecule has 2 N–H and O–H groups in total. The fourth-order valence-corrected chi connectivity index (χ4v) is 3.95. The Morgan fingerprint density at radius 2 is 2.00 bits per heavy atom. The number of aliphatic carboxylic acids is 1. The lowest BCUT2D eigenvalue weighted by atomic mass is 9.86. The van der Waals surface area contributed by atoms with Crippen molar-refractivity contribution >= 4 is 40.4 Å². The van der Waals surface area contributed by atoms with E-state index in [1.54, 1.807) is 6.92 Å². The van der Waals surface area contributed by atoms with Gasteiger partial charge in [-0.2, -0.15) is 13.2 Å². The number of halogens is 4. The Kier molecular flexibility index (Phi) is 4.77. The lowest BCUT2D eigenvalue weighted by molar-refractivity contribution is -0.136. The lowest BCUT2D eigenvalue weighted by Crippen LogP contribution is -2.19. The molecule has 1 aromatic heterocycles. The molecule has 3 rings (SSSR count). The van der Waals surface area contributed by atoms with Gasteiger partial charge in [0, 0.05) is 17.7 Å². The second kappa shape index (κ2) is 6.65. The lowest BCUT2D eigenvalue weighted by Gasteiger charge is -2.19. The van der Waals surface area contributed by atoms with Crippen LogP contribution in [0.5, 0.6) is 0 Å². The fourth-order valence-electron chi connectivity index (χ4n) is 2.91. The van der Waals surface area contributed by atoms with Gasteiger partial charge in [0.15, 0.2) is 0 Å². The molecule has 0 saturated carbocycles. The summed E-state index contributed by atoms with van der Waals surface area (Å²) in [6.07, 6.45) is -5.06. The number of thiophene rings is 1. The first-order valence-corrected chi connectivity index (χ1v) is 8.74. The SMILES string of the molecule is CC1=C(CC(=O)O)C2=C(C(=O)c3ccc(C(F)(F)F)s3)C(O)=C(Cl)CC2=N1. The monoisotopic (exact) mass is 417 g/mol. The zero-order chi connectivity index (χ0) is 20.1. The number of carboxylic acid groups (broad SMARTS) is 1. The predicted octanol–water partition coefficient (Wildman–Crippen LogP) is 4.86. The molecule has 0 radical (unpaired) electrons. The van der Waals surface area contributed by atoms with Gasteiger partial charge in [0.2, 0.25) is 5.78 Å². The summed E-state index contributed by atoms with van der Waals surface area (Å²) in [5.74, 6) is -2.61. The Morgan fingerprint density at radius 1 is 1.33 bits per heavy atom. The standard InChI is InChI=1S/C17H11ClF3NO4S/c1-6-7(4-12(23)24)13-9(22-6)5-8(18)15(25)14(13)16(26)10-2-3-11(27-10)17(19,20)21/h2-3,25H,4-5H2,1H3,(H,23,24). The van der Waals surface area contributed by atoms with E-state index >= 15 is 0 Å². The molecule has 2 aliphatic rings. The molecule has 0 saturated heterocycles. The van der Waals surface area contributed by atoms with E-state index in [1.165, 1.54) is 0 Å². The Hall–Kier alpha value is -2.39. The number of aliphatic hydroxyl groups is 1. The number of rotatable bonds is 4. The molecule has 142 valence electrons. The minimum Gasteiger partial charge on any atom is -0.506 e. The molecule has 1 aliphatic carbocycles. The van der Waals surface area contributed by atoms with Gasteiger partial charge in [0.1, 0.15) is 10.6 Å². The smallest absolute Gasteiger partial charge is 0.425 e. The molecule has 1 aromatic rings. The molecule has 0 aromatic carbocycles. The molecule has 0 amide bonds. The van der Waals surface area contributed by atoms with Crippen molar-refractivity contribution in [2.24, 2.45) is 4.99 Å². The minimum atomic E-state index is -4.60. The van der Waals surface area contributed by atoms with Crippen LogP contribution in [0.25, 0.3) is 0 Å². The van der Waals surface area contributed by atoms with E-state index in [0.717, 1.165) is 12.1 Å². The van der Waals surface area contributed by atoms with Crippen molar-refractivity contribution in [3.63, 3.8) is 0 Å². The van der Waals surface area contributed by atoms with Crippen LogP contribution in [0.3, 0.4) is 0 Å². The first kappa shape index (κ1) is 19.4. The normalized spacial score (nSPS) is 17.4. The number of ketones is 1. The Bertz CT molecular complexity index is 998. The van der Waals surface area contributed by atoms with Gasteiger partial charge >= 0.3 is 12.1 Å². The van der Waals surface area contributed by atoms with Gasteiger partial charge < -0.3 is 10.2 Å². The number of alkyl halides is 3. The number of hydrogen-bond acceptors (Lipinski definition) is 5. The molecule has 0 unspecified atom stereocenters. The van der Waals surface area contributed by atoms with E-state index in [4.69, 9.17) is 16.7 Å². The molecule has 1 aliphatic heterocycles. The fraction of sp³-hybridized carbons (Fsp3) is 0.235. The third kappa shape index (κ3) is 3.44. The number of hydrogen-bond donors (Lipinski definition) is 2. The van der Waals surface area contributed by atoms with Crippen LogP contribution in [0.2, 0.25) is 0 Å². The Labute approximate surface area is 159 Å². The third-order valence-corrected chi connectivity index (χ3v) is 5.50. The van der Waals surface area contributed by atoms with Gasteiger partial charge in [-0.05, 0) is 24.6 Å². The molecule has 0 spiro atoms. The topological polar surface area (TPSA) is 87.0 Å². The average molecular weight is 418 g/mol. The molecule has 0 atom stereocenters. The molecule has 0 bridgehead atoms. The highest BCUT2D eigenvalue weighted by Crippen LogP contribution is 2.42. The summed E-state index contributed by atoms with van der Waals surface area (Å²) in [6.45, 7) is 1.55. The van der Waals surface area contributed by atoms with Gasteiger partial charge in [-0.3, -0.25) is 14.6 Å². The van der Waals surface area contributed by atoms with Crippen molar-refractivity contribution in [1.82, 2.24) is 0 Å². The summed E-state index contributed by atoms with van der Waals surface area (Å²) in [5, 5.41) is 19.4. The van der Waals surface area contributed by atoms with Gasteiger partial charge in [-0.15, -0.1) is 11.3 Å². The number of carboxylic acids is 1. The van der Waals surface area contributed by atoms with Crippen molar-refractivity contribution < 1.29 is 33.0 Å². The van der Waals surface area contributed by atoms with Crippen molar-refractivity contribution in [3.05, 3.63) is 55.1 Å². The molecule has 5 nitrogen and oxygen atoms in total. The number of allylic oxidation sites excluding steroid dienone is 4. The third-order valence-electron chi connectivity index (χ3n) is 4.06. The summed E-state index contributed by atoms with van der Waals surface area (Å²) in [4.78, 5) is 27.1. The van der Waals surface area contributed by atoms with Crippen LogP contribution in [0.1, 0.15) is 34.3 Å². The van der Waals surface area contributed by atoms with E-state index in [-0.39, 0.29) is 44.4 Å². The van der Waals surface area contributed by atoms with Gasteiger partial charge in [-0.1, -0.05) is 11.6 Å². The van der Waals surface area contributed by atoms with E-state index in [1.807, 2.05) is 0 Å². The van der Waals surface area contributed by atoms with Crippen LogP contribution >= 0.6 is 22.9 Å². The first-order valence-electron chi connectivity index (χ1n) is 7.54. The number of aliphatic hydroxyl groups excluding tert-OH is 1. The van der Waals surface area contributed by atoms with Gasteiger partial charge in [-0.25, -0.2) is 0 Å². The molecular weight excluding hydrogens is 407 g/mol. The van der Waals surface area contributed by atoms with Crippen molar-refractivity contribution in [1.29, 1.82) is 0 Å². The summed E-state index contributed by atoms with van der Waals surface area (Å²) < 4.78 is 38.5. The number of Topliss-reactive ketones (excluding diaryl/α,β-unsaturated/α-hetero) is 1. The van der Waals surface area contributed by atoms with Gasteiger partial charge in [0.25, 0.3) is 0 Å². The quantitative estimate of drug-likeness (QED) is 0.685. The number of carbonyl (C=O) groups excluding carboxylic acids is 1. The minimum absolute atomic E-state index is 0.00178. The largest absolute Gasteiger partial charge is 0.506 e.